The highest BCUT2D eigenvalue weighted by Crippen LogP contribution is 2.31. The summed E-state index contributed by atoms with van der Waals surface area (Å²) in [7, 11) is 0. The zero-order valence-electron chi connectivity index (χ0n) is 15.9. The van der Waals surface area contributed by atoms with E-state index in [0.717, 1.165) is 17.9 Å². The number of aromatic nitrogens is 2. The number of amides is 1. The molecule has 8 heteroatoms. The molecule has 1 amide bonds. The fraction of sp³-hybridized carbons (Fsp3) is 0.238. The van der Waals surface area contributed by atoms with Gasteiger partial charge in [0, 0.05) is 18.7 Å². The van der Waals surface area contributed by atoms with Crippen LogP contribution in [-0.2, 0) is 4.74 Å². The van der Waals surface area contributed by atoms with Gasteiger partial charge in [0.25, 0.3) is 5.91 Å². The average Bonchev–Trinajstić information content (AvgIpc) is 2.90. The quantitative estimate of drug-likeness (QED) is 0.612. The lowest BCUT2D eigenvalue weighted by molar-refractivity contribution is 0.100. The Labute approximate surface area is 168 Å². The summed E-state index contributed by atoms with van der Waals surface area (Å²) < 4.78 is 13.0. The number of nitrogens with two attached hydrogens (primary N) is 2. The van der Waals surface area contributed by atoms with Crippen LogP contribution in [0.15, 0.2) is 54.6 Å². The molecule has 2 aromatic carbocycles. The van der Waals surface area contributed by atoms with Gasteiger partial charge in [0.15, 0.2) is 0 Å². The van der Waals surface area contributed by atoms with Gasteiger partial charge in [0.05, 0.1) is 19.3 Å². The van der Waals surface area contributed by atoms with Crippen LogP contribution in [0, 0.1) is 0 Å². The normalized spacial score (nSPS) is 16.9. The molecule has 0 aliphatic carbocycles. The number of rotatable bonds is 5. The number of hydrogen-bond acceptors (Lipinski definition) is 6. The molecule has 1 aliphatic rings. The Bertz CT molecular complexity index is 978. The Hall–Kier alpha value is -3.36. The van der Waals surface area contributed by atoms with E-state index in [2.05, 4.69) is 10.4 Å². The maximum absolute atomic E-state index is 12.1. The first-order valence-corrected chi connectivity index (χ1v) is 9.43. The van der Waals surface area contributed by atoms with Crippen LogP contribution in [0.25, 0.3) is 11.3 Å². The SMILES string of the molecule is NC(=O)c1c(-c2ccc(Oc3ccccc3)cc2)nn(C2CNCCOC2)c1N. The highest BCUT2D eigenvalue weighted by molar-refractivity contribution is 6.03. The van der Waals surface area contributed by atoms with E-state index in [4.69, 9.17) is 20.9 Å². The van der Waals surface area contributed by atoms with E-state index in [1.165, 1.54) is 0 Å². The Morgan fingerprint density at radius 2 is 1.86 bits per heavy atom. The molecule has 0 radical (unpaired) electrons. The number of ether oxygens (including phenoxy) is 2. The van der Waals surface area contributed by atoms with Crippen LogP contribution in [0.5, 0.6) is 11.5 Å². The molecule has 0 spiro atoms. The lowest BCUT2D eigenvalue weighted by Crippen LogP contribution is -2.27. The van der Waals surface area contributed by atoms with Crippen molar-refractivity contribution in [2.45, 2.75) is 6.04 Å². The van der Waals surface area contributed by atoms with Crippen LogP contribution in [0.1, 0.15) is 16.4 Å². The van der Waals surface area contributed by atoms with Gasteiger partial charge in [-0.15, -0.1) is 0 Å². The second-order valence-electron chi connectivity index (χ2n) is 6.79. The van der Waals surface area contributed by atoms with Crippen molar-refractivity contribution >= 4 is 11.7 Å². The fourth-order valence-electron chi connectivity index (χ4n) is 3.32. The van der Waals surface area contributed by atoms with Crippen LogP contribution in [-0.4, -0.2) is 42.0 Å². The van der Waals surface area contributed by atoms with Crippen LogP contribution >= 0.6 is 0 Å². The summed E-state index contributed by atoms with van der Waals surface area (Å²) in [5, 5.41) is 7.89. The zero-order chi connectivity index (χ0) is 20.2. The summed E-state index contributed by atoms with van der Waals surface area (Å²) in [4.78, 5) is 12.1. The molecule has 0 saturated carbocycles. The van der Waals surface area contributed by atoms with Gasteiger partial charge in [-0.3, -0.25) is 4.79 Å². The van der Waals surface area contributed by atoms with Gasteiger partial charge in [-0.05, 0) is 36.4 Å². The van der Waals surface area contributed by atoms with Crippen molar-refractivity contribution in [2.24, 2.45) is 5.73 Å². The Morgan fingerprint density at radius 1 is 1.14 bits per heavy atom. The first-order chi connectivity index (χ1) is 14.1. The van der Waals surface area contributed by atoms with Crippen molar-refractivity contribution < 1.29 is 14.3 Å². The standard InChI is InChI=1S/C21H23N5O3/c22-20-18(21(23)27)19(25-26(20)15-12-24-10-11-28-13-15)14-6-8-17(9-7-14)29-16-4-2-1-3-5-16/h1-9,15,24H,10-13,22H2,(H2,23,27). The third-order valence-electron chi connectivity index (χ3n) is 4.76. The molecule has 4 rings (SSSR count). The van der Waals surface area contributed by atoms with Gasteiger partial charge in [-0.2, -0.15) is 5.10 Å². The zero-order valence-corrected chi connectivity index (χ0v) is 15.9. The number of hydrogen-bond donors (Lipinski definition) is 3. The maximum Gasteiger partial charge on any atom is 0.254 e. The third-order valence-corrected chi connectivity index (χ3v) is 4.76. The molecular formula is C21H23N5O3. The van der Waals surface area contributed by atoms with Gasteiger partial charge in [0.2, 0.25) is 0 Å². The summed E-state index contributed by atoms with van der Waals surface area (Å²) in [6.45, 7) is 2.49. The number of nitrogens with one attached hydrogen (secondary N) is 1. The number of nitrogen functional groups attached to an aromatic ring is 1. The molecule has 29 heavy (non-hydrogen) atoms. The second-order valence-corrected chi connectivity index (χ2v) is 6.79. The minimum Gasteiger partial charge on any atom is -0.457 e. The number of para-hydroxylation sites is 1. The minimum absolute atomic E-state index is 0.120. The molecule has 1 saturated heterocycles. The van der Waals surface area contributed by atoms with E-state index < -0.39 is 5.91 Å². The van der Waals surface area contributed by atoms with Gasteiger partial charge in [0.1, 0.15) is 28.6 Å². The van der Waals surface area contributed by atoms with Crippen LogP contribution in [0.2, 0.25) is 0 Å². The van der Waals surface area contributed by atoms with E-state index in [9.17, 15) is 4.79 Å². The van der Waals surface area contributed by atoms with Crippen LogP contribution in [0.4, 0.5) is 5.82 Å². The molecule has 1 aromatic heterocycles. The topological polar surface area (TPSA) is 117 Å². The predicted octanol–water partition coefficient (Wildman–Crippen LogP) is 2.18. The van der Waals surface area contributed by atoms with E-state index in [-0.39, 0.29) is 17.4 Å². The first-order valence-electron chi connectivity index (χ1n) is 9.43. The number of benzene rings is 2. The van der Waals surface area contributed by atoms with Crippen molar-refractivity contribution in [3.8, 4) is 22.8 Å². The number of anilines is 1. The van der Waals surface area contributed by atoms with E-state index >= 15 is 0 Å². The molecule has 1 fully saturated rings. The maximum atomic E-state index is 12.1. The molecule has 2 heterocycles. The fourth-order valence-corrected chi connectivity index (χ4v) is 3.32. The highest BCUT2D eigenvalue weighted by Gasteiger charge is 2.26. The van der Waals surface area contributed by atoms with Crippen molar-refractivity contribution in [2.75, 3.05) is 32.0 Å². The van der Waals surface area contributed by atoms with Crippen molar-refractivity contribution in [1.82, 2.24) is 15.1 Å². The van der Waals surface area contributed by atoms with Gasteiger partial charge in [-0.25, -0.2) is 4.68 Å². The Balaban J connectivity index is 1.65. The highest BCUT2D eigenvalue weighted by atomic mass is 16.5. The summed E-state index contributed by atoms with van der Waals surface area (Å²) in [6, 6.07) is 16.7. The molecule has 5 N–H and O–H groups in total. The number of carbonyl (C=O) groups is 1. The van der Waals surface area contributed by atoms with Crippen LogP contribution in [0.3, 0.4) is 0 Å². The Morgan fingerprint density at radius 3 is 2.59 bits per heavy atom. The lowest BCUT2D eigenvalue weighted by atomic mass is 10.1. The largest absolute Gasteiger partial charge is 0.457 e. The van der Waals surface area contributed by atoms with E-state index in [0.29, 0.717) is 31.2 Å². The summed E-state index contributed by atoms with van der Waals surface area (Å²) in [5.74, 6) is 1.05. The molecule has 150 valence electrons. The summed E-state index contributed by atoms with van der Waals surface area (Å²) in [5.41, 5.74) is 13.3. The molecule has 3 aromatic rings. The van der Waals surface area contributed by atoms with Crippen molar-refractivity contribution in [3.63, 3.8) is 0 Å². The summed E-state index contributed by atoms with van der Waals surface area (Å²) in [6.07, 6.45) is 0. The molecule has 0 bridgehead atoms. The Kier molecular flexibility index (Phi) is 5.46. The van der Waals surface area contributed by atoms with Gasteiger partial charge in [-0.1, -0.05) is 18.2 Å². The second kappa shape index (κ2) is 8.34. The molecule has 1 atom stereocenters. The number of primary amides is 1. The van der Waals surface area contributed by atoms with Crippen LogP contribution < -0.4 is 21.5 Å². The molecular weight excluding hydrogens is 370 g/mol. The summed E-state index contributed by atoms with van der Waals surface area (Å²) >= 11 is 0. The molecule has 8 nitrogen and oxygen atoms in total. The van der Waals surface area contributed by atoms with Crippen molar-refractivity contribution in [1.29, 1.82) is 0 Å². The average molecular weight is 393 g/mol. The predicted molar refractivity (Wildman–Crippen MR) is 110 cm³/mol. The molecule has 1 aliphatic heterocycles. The lowest BCUT2D eigenvalue weighted by Gasteiger charge is -2.15. The molecule has 1 unspecified atom stereocenters. The minimum atomic E-state index is -0.615. The smallest absolute Gasteiger partial charge is 0.254 e. The van der Waals surface area contributed by atoms with Gasteiger partial charge >= 0.3 is 0 Å². The van der Waals surface area contributed by atoms with Crippen molar-refractivity contribution in [3.05, 3.63) is 60.2 Å². The number of nitrogens with zero attached hydrogens (tertiary/aromatic N) is 2. The first kappa shape index (κ1) is 19.0. The van der Waals surface area contributed by atoms with E-state index in [1.807, 2.05) is 54.6 Å². The van der Waals surface area contributed by atoms with E-state index in [1.54, 1.807) is 4.68 Å². The third kappa shape index (κ3) is 4.08. The monoisotopic (exact) mass is 393 g/mol. The number of carbonyl (C=O) groups excluding carboxylic acids is 1. The van der Waals surface area contributed by atoms with Gasteiger partial charge < -0.3 is 26.3 Å².